The standard InChI is InChI=1S/C21H25NO3/c1-2-19(23)14-3-6-17(7-4-14)25-13-20(24)22-12-15-11-16-5-8-18(15)21(16)9-10-21/h3-8,15-16,18H,2,9-13H2,1H3,(H,22,24)/t15-,16-,18-/m1/s1. The van der Waals surface area contributed by atoms with Crippen LogP contribution in [0, 0.1) is 23.2 Å². The van der Waals surface area contributed by atoms with Crippen molar-refractivity contribution in [3.63, 3.8) is 0 Å². The highest BCUT2D eigenvalue weighted by Crippen LogP contribution is 2.69. The van der Waals surface area contributed by atoms with Crippen molar-refractivity contribution >= 4 is 11.7 Å². The van der Waals surface area contributed by atoms with Crippen LogP contribution in [-0.2, 0) is 4.79 Å². The molecule has 132 valence electrons. The molecule has 25 heavy (non-hydrogen) atoms. The minimum Gasteiger partial charge on any atom is -0.484 e. The van der Waals surface area contributed by atoms with Gasteiger partial charge in [0.2, 0.25) is 0 Å². The molecular weight excluding hydrogens is 314 g/mol. The van der Waals surface area contributed by atoms with Crippen molar-refractivity contribution in [3.05, 3.63) is 42.0 Å². The molecule has 1 amide bonds. The van der Waals surface area contributed by atoms with Crippen LogP contribution in [0.1, 0.15) is 43.0 Å². The van der Waals surface area contributed by atoms with Crippen LogP contribution >= 0.6 is 0 Å². The molecule has 2 saturated carbocycles. The molecule has 0 aliphatic heterocycles. The van der Waals surface area contributed by atoms with E-state index in [1.54, 1.807) is 24.3 Å². The van der Waals surface area contributed by atoms with Crippen LogP contribution in [0.4, 0.5) is 0 Å². The van der Waals surface area contributed by atoms with Crippen LogP contribution in [-0.4, -0.2) is 24.8 Å². The third-order valence-electron chi connectivity index (χ3n) is 6.27. The van der Waals surface area contributed by atoms with Gasteiger partial charge >= 0.3 is 0 Å². The Kier molecular flexibility index (Phi) is 4.14. The van der Waals surface area contributed by atoms with E-state index in [2.05, 4.69) is 17.5 Å². The summed E-state index contributed by atoms with van der Waals surface area (Å²) in [7, 11) is 0. The van der Waals surface area contributed by atoms with E-state index in [1.165, 1.54) is 19.3 Å². The van der Waals surface area contributed by atoms with Crippen molar-refractivity contribution < 1.29 is 14.3 Å². The number of allylic oxidation sites excluding steroid dienone is 2. The Balaban J connectivity index is 1.22. The lowest BCUT2D eigenvalue weighted by Gasteiger charge is -2.20. The number of rotatable bonds is 7. The molecule has 0 heterocycles. The summed E-state index contributed by atoms with van der Waals surface area (Å²) < 4.78 is 5.53. The average Bonchev–Trinajstić information content (AvgIpc) is 3.31. The van der Waals surface area contributed by atoms with E-state index in [9.17, 15) is 9.59 Å². The van der Waals surface area contributed by atoms with Crippen LogP contribution < -0.4 is 10.1 Å². The molecule has 1 aromatic rings. The smallest absolute Gasteiger partial charge is 0.257 e. The third-order valence-corrected chi connectivity index (χ3v) is 6.27. The van der Waals surface area contributed by atoms with Crippen LogP contribution in [0.5, 0.6) is 5.75 Å². The number of hydrogen-bond acceptors (Lipinski definition) is 3. The number of ether oxygens (including phenoxy) is 1. The molecule has 0 radical (unpaired) electrons. The van der Waals surface area contributed by atoms with Gasteiger partial charge in [-0.25, -0.2) is 0 Å². The van der Waals surface area contributed by atoms with Gasteiger partial charge in [0.1, 0.15) is 5.75 Å². The molecule has 3 atom stereocenters. The predicted molar refractivity (Wildman–Crippen MR) is 95.5 cm³/mol. The molecule has 0 aromatic heterocycles. The highest BCUT2D eigenvalue weighted by Gasteiger charge is 2.62. The van der Waals surface area contributed by atoms with Gasteiger partial charge in [0.15, 0.2) is 12.4 Å². The second kappa shape index (κ2) is 6.32. The first kappa shape index (κ1) is 16.4. The fourth-order valence-corrected chi connectivity index (χ4v) is 4.74. The van der Waals surface area contributed by atoms with Crippen molar-refractivity contribution in [2.45, 2.75) is 32.6 Å². The zero-order chi connectivity index (χ0) is 17.4. The normalized spacial score (nSPS) is 27.5. The fraction of sp³-hybridized carbons (Fsp3) is 0.524. The summed E-state index contributed by atoms with van der Waals surface area (Å²) in [5.74, 6) is 2.65. The van der Waals surface area contributed by atoms with Crippen molar-refractivity contribution in [2.75, 3.05) is 13.2 Å². The predicted octanol–water partition coefficient (Wildman–Crippen LogP) is 3.38. The highest BCUT2D eigenvalue weighted by molar-refractivity contribution is 5.95. The molecule has 3 aliphatic carbocycles. The summed E-state index contributed by atoms with van der Waals surface area (Å²) in [6, 6.07) is 6.98. The van der Waals surface area contributed by atoms with E-state index in [1.807, 2.05) is 6.92 Å². The highest BCUT2D eigenvalue weighted by atomic mass is 16.5. The Labute approximate surface area is 148 Å². The number of amides is 1. The minimum absolute atomic E-state index is 0.0167. The SMILES string of the molecule is CCC(=O)c1ccc(OCC(=O)NC[C@H]2C[C@H]3C=C[C@H]2C32CC2)cc1. The van der Waals surface area contributed by atoms with Crippen LogP contribution in [0.15, 0.2) is 36.4 Å². The van der Waals surface area contributed by atoms with Crippen molar-refractivity contribution in [3.8, 4) is 5.75 Å². The Hall–Kier alpha value is -2.10. The van der Waals surface area contributed by atoms with Crippen LogP contribution in [0.2, 0.25) is 0 Å². The number of Topliss-reactive ketones (excluding diaryl/α,β-unsaturated/α-hetero) is 1. The molecule has 4 rings (SSSR count). The molecular formula is C21H25NO3. The first-order chi connectivity index (χ1) is 12.1. The lowest BCUT2D eigenvalue weighted by atomic mass is 9.89. The topological polar surface area (TPSA) is 55.4 Å². The van der Waals surface area contributed by atoms with Gasteiger partial charge in [-0.05, 0) is 66.7 Å². The van der Waals surface area contributed by atoms with Gasteiger partial charge in [-0.3, -0.25) is 9.59 Å². The van der Waals surface area contributed by atoms with Crippen LogP contribution in [0.25, 0.3) is 0 Å². The summed E-state index contributed by atoms with van der Waals surface area (Å²) in [4.78, 5) is 23.7. The molecule has 4 nitrogen and oxygen atoms in total. The molecule has 1 aromatic carbocycles. The summed E-state index contributed by atoms with van der Waals surface area (Å²) in [6.45, 7) is 2.61. The summed E-state index contributed by atoms with van der Waals surface area (Å²) >= 11 is 0. The van der Waals surface area contributed by atoms with Gasteiger partial charge < -0.3 is 10.1 Å². The summed E-state index contributed by atoms with van der Waals surface area (Å²) in [6.07, 6.45) is 9.20. The fourth-order valence-electron chi connectivity index (χ4n) is 4.74. The van der Waals surface area contributed by atoms with Gasteiger partial charge in [0.25, 0.3) is 5.91 Å². The number of hydrogen-bond donors (Lipinski definition) is 1. The number of carbonyl (C=O) groups excluding carboxylic acids is 2. The Morgan fingerprint density at radius 1 is 1.20 bits per heavy atom. The number of benzene rings is 1. The van der Waals surface area contributed by atoms with Crippen LogP contribution in [0.3, 0.4) is 0 Å². The lowest BCUT2D eigenvalue weighted by Crippen LogP contribution is -2.34. The van der Waals surface area contributed by atoms with E-state index in [0.29, 0.717) is 35.0 Å². The number of carbonyl (C=O) groups is 2. The van der Waals surface area contributed by atoms with Crippen molar-refractivity contribution in [1.82, 2.24) is 5.32 Å². The Morgan fingerprint density at radius 2 is 1.96 bits per heavy atom. The number of ketones is 1. The summed E-state index contributed by atoms with van der Waals surface area (Å²) in [5, 5.41) is 3.03. The average molecular weight is 339 g/mol. The molecule has 0 unspecified atom stereocenters. The summed E-state index contributed by atoms with van der Waals surface area (Å²) in [5.41, 5.74) is 1.25. The molecule has 2 fully saturated rings. The molecule has 2 bridgehead atoms. The van der Waals surface area contributed by atoms with Gasteiger partial charge in [-0.1, -0.05) is 19.1 Å². The maximum absolute atomic E-state index is 12.1. The maximum atomic E-state index is 12.1. The molecule has 3 aliphatic rings. The largest absolute Gasteiger partial charge is 0.484 e. The third kappa shape index (κ3) is 2.99. The molecule has 0 saturated heterocycles. The van der Waals surface area contributed by atoms with E-state index in [4.69, 9.17) is 4.74 Å². The lowest BCUT2D eigenvalue weighted by molar-refractivity contribution is -0.123. The first-order valence-corrected chi connectivity index (χ1v) is 9.33. The maximum Gasteiger partial charge on any atom is 0.257 e. The minimum atomic E-state index is -0.0784. The Morgan fingerprint density at radius 3 is 2.60 bits per heavy atom. The zero-order valence-electron chi connectivity index (χ0n) is 14.7. The molecule has 4 heteroatoms. The molecule has 1 spiro atoms. The van der Waals surface area contributed by atoms with Gasteiger partial charge in [0.05, 0.1) is 0 Å². The second-order valence-corrected chi connectivity index (χ2v) is 7.64. The van der Waals surface area contributed by atoms with Gasteiger partial charge in [0, 0.05) is 18.5 Å². The van der Waals surface area contributed by atoms with Crippen molar-refractivity contribution in [1.29, 1.82) is 0 Å². The van der Waals surface area contributed by atoms with E-state index >= 15 is 0 Å². The second-order valence-electron chi connectivity index (χ2n) is 7.64. The monoisotopic (exact) mass is 339 g/mol. The van der Waals surface area contributed by atoms with Crippen molar-refractivity contribution in [2.24, 2.45) is 23.2 Å². The van der Waals surface area contributed by atoms with E-state index in [-0.39, 0.29) is 18.3 Å². The van der Waals surface area contributed by atoms with Gasteiger partial charge in [-0.15, -0.1) is 0 Å². The Bertz CT molecular complexity index is 702. The molecule has 1 N–H and O–H groups in total. The van der Waals surface area contributed by atoms with Gasteiger partial charge in [-0.2, -0.15) is 0 Å². The zero-order valence-corrected chi connectivity index (χ0v) is 14.7. The van der Waals surface area contributed by atoms with E-state index in [0.717, 1.165) is 12.5 Å². The number of nitrogens with one attached hydrogen (secondary N) is 1. The first-order valence-electron chi connectivity index (χ1n) is 9.33. The van der Waals surface area contributed by atoms with E-state index < -0.39 is 0 Å². The quantitative estimate of drug-likeness (QED) is 0.612.